The molecule has 0 aliphatic heterocycles. The second kappa shape index (κ2) is 2.73. The summed E-state index contributed by atoms with van der Waals surface area (Å²) < 4.78 is 0. The molecule has 2 nitrogen and oxygen atoms in total. The van der Waals surface area contributed by atoms with E-state index in [1.54, 1.807) is 6.92 Å². The van der Waals surface area contributed by atoms with Gasteiger partial charge in [0.2, 0.25) is 0 Å². The van der Waals surface area contributed by atoms with Crippen molar-refractivity contribution in [2.45, 2.75) is 6.92 Å². The quantitative estimate of drug-likeness (QED) is 0.662. The molecule has 2 rings (SSSR count). The van der Waals surface area contributed by atoms with Crippen LogP contribution in [0.3, 0.4) is 0 Å². The van der Waals surface area contributed by atoms with Crippen molar-refractivity contribution in [2.24, 2.45) is 0 Å². The third-order valence-corrected chi connectivity index (χ3v) is 2.15. The molecule has 1 radical (unpaired) electrons. The minimum atomic E-state index is 0.193. The van der Waals surface area contributed by atoms with Gasteiger partial charge in [-0.15, -0.1) is 0 Å². The molecule has 0 saturated heterocycles. The Morgan fingerprint density at radius 1 is 1.31 bits per heavy atom. The van der Waals surface area contributed by atoms with Gasteiger partial charge in [-0.05, 0) is 19.9 Å². The molecule has 0 atom stereocenters. The van der Waals surface area contributed by atoms with Gasteiger partial charge in [0.15, 0.2) is 0 Å². The first-order valence-electron chi connectivity index (χ1n) is 4.10. The Hall–Kier alpha value is -1.57. The van der Waals surface area contributed by atoms with Gasteiger partial charge in [0.05, 0.1) is 11.2 Å². The van der Waals surface area contributed by atoms with Crippen molar-refractivity contribution >= 4 is 10.9 Å². The van der Waals surface area contributed by atoms with Crippen molar-refractivity contribution in [1.82, 2.24) is 4.98 Å². The van der Waals surface area contributed by atoms with Crippen LogP contribution in [0, 0.1) is 13.8 Å². The van der Waals surface area contributed by atoms with Crippen molar-refractivity contribution in [1.29, 1.82) is 0 Å². The molecule has 0 aliphatic rings. The number of para-hydroxylation sites is 1. The van der Waals surface area contributed by atoms with Crippen LogP contribution < -0.4 is 0 Å². The van der Waals surface area contributed by atoms with E-state index in [0.717, 1.165) is 10.9 Å². The fraction of sp³-hybridized carbons (Fsp3) is 0.0909. The second-order valence-electron chi connectivity index (χ2n) is 3.04. The molecule has 0 amide bonds. The van der Waals surface area contributed by atoms with Crippen molar-refractivity contribution in [3.8, 4) is 5.75 Å². The number of aromatic hydroxyl groups is 1. The van der Waals surface area contributed by atoms with Gasteiger partial charge in [0.1, 0.15) is 5.75 Å². The van der Waals surface area contributed by atoms with Crippen LogP contribution in [0.15, 0.2) is 24.3 Å². The van der Waals surface area contributed by atoms with E-state index in [-0.39, 0.29) is 5.75 Å². The van der Waals surface area contributed by atoms with Gasteiger partial charge in [-0.1, -0.05) is 18.2 Å². The zero-order chi connectivity index (χ0) is 9.42. The molecule has 0 unspecified atom stereocenters. The number of aryl methyl sites for hydroxylation is 1. The van der Waals surface area contributed by atoms with Crippen LogP contribution in [0.5, 0.6) is 5.75 Å². The molecule has 1 aromatic carbocycles. The molecule has 2 aromatic rings. The zero-order valence-electron chi connectivity index (χ0n) is 7.41. The maximum atomic E-state index is 9.58. The lowest BCUT2D eigenvalue weighted by atomic mass is 10.1. The molecule has 1 aromatic heterocycles. The average molecular weight is 172 g/mol. The largest absolute Gasteiger partial charge is 0.506 e. The SMILES string of the molecule is [CH2]c1c(O)c(C)nc2ccccc12. The molecule has 65 valence electrons. The highest BCUT2D eigenvalue weighted by Crippen LogP contribution is 2.26. The van der Waals surface area contributed by atoms with Crippen LogP contribution in [0.4, 0.5) is 0 Å². The summed E-state index contributed by atoms with van der Waals surface area (Å²) >= 11 is 0. The highest BCUT2D eigenvalue weighted by molar-refractivity contribution is 5.85. The summed E-state index contributed by atoms with van der Waals surface area (Å²) in [5.41, 5.74) is 2.16. The summed E-state index contributed by atoms with van der Waals surface area (Å²) in [5.74, 6) is 0.193. The summed E-state index contributed by atoms with van der Waals surface area (Å²) in [6.45, 7) is 5.59. The Morgan fingerprint density at radius 2 is 2.00 bits per heavy atom. The number of nitrogens with zero attached hydrogens (tertiary/aromatic N) is 1. The molecule has 0 bridgehead atoms. The van der Waals surface area contributed by atoms with E-state index >= 15 is 0 Å². The zero-order valence-corrected chi connectivity index (χ0v) is 7.41. The molecular weight excluding hydrogens is 162 g/mol. The Labute approximate surface area is 76.9 Å². The minimum Gasteiger partial charge on any atom is -0.506 e. The van der Waals surface area contributed by atoms with Gasteiger partial charge >= 0.3 is 0 Å². The molecule has 0 fully saturated rings. The third-order valence-electron chi connectivity index (χ3n) is 2.15. The number of hydrogen-bond acceptors (Lipinski definition) is 2. The Morgan fingerprint density at radius 3 is 2.77 bits per heavy atom. The van der Waals surface area contributed by atoms with Crippen molar-refractivity contribution in [2.75, 3.05) is 0 Å². The lowest BCUT2D eigenvalue weighted by molar-refractivity contribution is 0.466. The first kappa shape index (κ1) is 8.05. The molecule has 13 heavy (non-hydrogen) atoms. The van der Waals surface area contributed by atoms with E-state index < -0.39 is 0 Å². The molecule has 0 spiro atoms. The summed E-state index contributed by atoms with van der Waals surface area (Å²) in [6, 6.07) is 7.65. The van der Waals surface area contributed by atoms with E-state index in [1.165, 1.54) is 0 Å². The first-order valence-corrected chi connectivity index (χ1v) is 4.10. The van der Waals surface area contributed by atoms with Crippen LogP contribution >= 0.6 is 0 Å². The van der Waals surface area contributed by atoms with E-state index in [9.17, 15) is 5.11 Å². The summed E-state index contributed by atoms with van der Waals surface area (Å²) in [7, 11) is 0. The molecule has 1 N–H and O–H groups in total. The Balaban J connectivity index is 2.94. The number of rotatable bonds is 0. The first-order chi connectivity index (χ1) is 6.20. The maximum absolute atomic E-state index is 9.58. The van der Waals surface area contributed by atoms with E-state index in [1.807, 2.05) is 24.3 Å². The van der Waals surface area contributed by atoms with Gasteiger partial charge in [0, 0.05) is 10.9 Å². The van der Waals surface area contributed by atoms with Gasteiger partial charge < -0.3 is 5.11 Å². The smallest absolute Gasteiger partial charge is 0.140 e. The molecule has 2 heteroatoms. The summed E-state index contributed by atoms with van der Waals surface area (Å²) in [5, 5.41) is 10.5. The van der Waals surface area contributed by atoms with Gasteiger partial charge in [-0.2, -0.15) is 0 Å². The molecule has 0 aliphatic carbocycles. The van der Waals surface area contributed by atoms with Crippen LogP contribution in [-0.4, -0.2) is 10.1 Å². The number of benzene rings is 1. The highest BCUT2D eigenvalue weighted by atomic mass is 16.3. The van der Waals surface area contributed by atoms with Crippen LogP contribution in [-0.2, 0) is 0 Å². The van der Waals surface area contributed by atoms with Crippen LogP contribution in [0.1, 0.15) is 11.3 Å². The van der Waals surface area contributed by atoms with Crippen molar-refractivity contribution in [3.63, 3.8) is 0 Å². The van der Waals surface area contributed by atoms with E-state index in [0.29, 0.717) is 11.3 Å². The minimum absolute atomic E-state index is 0.193. The van der Waals surface area contributed by atoms with Gasteiger partial charge in [0.25, 0.3) is 0 Å². The fourth-order valence-corrected chi connectivity index (χ4v) is 1.41. The van der Waals surface area contributed by atoms with Crippen molar-refractivity contribution in [3.05, 3.63) is 42.4 Å². The van der Waals surface area contributed by atoms with Crippen molar-refractivity contribution < 1.29 is 5.11 Å². The van der Waals surface area contributed by atoms with E-state index in [2.05, 4.69) is 11.9 Å². The molecule has 1 heterocycles. The second-order valence-corrected chi connectivity index (χ2v) is 3.04. The topological polar surface area (TPSA) is 33.1 Å². The lowest BCUT2D eigenvalue weighted by Gasteiger charge is -2.05. The fourth-order valence-electron chi connectivity index (χ4n) is 1.41. The number of hydrogen-bond donors (Lipinski definition) is 1. The predicted octanol–water partition coefficient (Wildman–Crippen LogP) is 2.43. The maximum Gasteiger partial charge on any atom is 0.140 e. The van der Waals surface area contributed by atoms with Gasteiger partial charge in [-0.3, -0.25) is 0 Å². The van der Waals surface area contributed by atoms with Crippen LogP contribution in [0.25, 0.3) is 10.9 Å². The summed E-state index contributed by atoms with van der Waals surface area (Å²) in [6.07, 6.45) is 0. The standard InChI is InChI=1S/C11H10NO/c1-7-9-5-3-4-6-10(9)12-8(2)11(7)13/h3-6,13H,1H2,2H3. The highest BCUT2D eigenvalue weighted by Gasteiger charge is 2.06. The average Bonchev–Trinajstić information content (AvgIpc) is 2.15. The molecular formula is C11H10NO. The third kappa shape index (κ3) is 1.15. The number of pyridine rings is 1. The predicted molar refractivity (Wildman–Crippen MR) is 52.6 cm³/mol. The Bertz CT molecular complexity index is 463. The monoisotopic (exact) mass is 172 g/mol. The lowest BCUT2D eigenvalue weighted by Crippen LogP contribution is -1.88. The van der Waals surface area contributed by atoms with Gasteiger partial charge in [-0.25, -0.2) is 4.98 Å². The Kier molecular flexibility index (Phi) is 1.69. The molecule has 0 saturated carbocycles. The van der Waals surface area contributed by atoms with E-state index in [4.69, 9.17) is 0 Å². The summed E-state index contributed by atoms with van der Waals surface area (Å²) in [4.78, 5) is 4.25. The number of fused-ring (bicyclic) bond motifs is 1. The number of aromatic nitrogens is 1. The normalized spacial score (nSPS) is 10.6. The van der Waals surface area contributed by atoms with Crippen LogP contribution in [0.2, 0.25) is 0 Å².